The molecule has 4 atom stereocenters. The fraction of sp³-hybridized carbons (Fsp3) is 0.842. The average molecular weight is 415 g/mol. The van der Waals surface area contributed by atoms with Crippen LogP contribution in [0.3, 0.4) is 0 Å². The number of aliphatic carboxylic acids is 1. The fourth-order valence-electron chi connectivity index (χ4n) is 3.67. The number of unbranched alkanes of at least 4 members (excludes halogenated alkanes) is 1. The summed E-state index contributed by atoms with van der Waals surface area (Å²) in [4.78, 5) is 45.3. The van der Waals surface area contributed by atoms with Crippen molar-refractivity contribution in [3.63, 3.8) is 0 Å². The summed E-state index contributed by atoms with van der Waals surface area (Å²) < 4.78 is 5.34. The molecule has 0 aromatic carbocycles. The van der Waals surface area contributed by atoms with Crippen molar-refractivity contribution >= 4 is 18.0 Å². The topological polar surface area (TPSA) is 148 Å². The van der Waals surface area contributed by atoms with Crippen LogP contribution in [0, 0.1) is 22.0 Å². The molecule has 0 radical (unpaired) electrons. The molecule has 0 aliphatic heterocycles. The minimum atomic E-state index is -0.876. The Kier molecular flexibility index (Phi) is 11.0. The van der Waals surface area contributed by atoms with E-state index in [0.29, 0.717) is 45.2 Å². The van der Waals surface area contributed by atoms with Crippen molar-refractivity contribution in [2.75, 3.05) is 13.1 Å². The van der Waals surface area contributed by atoms with Gasteiger partial charge in [0.05, 0.1) is 5.92 Å². The number of rotatable bonds is 12. The van der Waals surface area contributed by atoms with Crippen LogP contribution in [-0.4, -0.2) is 53.2 Å². The Labute approximate surface area is 170 Å². The number of carboxylic acid groups (broad SMARTS) is 1. The highest BCUT2D eigenvalue weighted by molar-refractivity contribution is 5.75. The van der Waals surface area contributed by atoms with E-state index in [1.807, 2.05) is 6.92 Å². The maximum atomic E-state index is 11.9. The number of nitro groups is 1. The lowest BCUT2D eigenvalue weighted by atomic mass is 9.75. The highest BCUT2D eigenvalue weighted by Gasteiger charge is 2.42. The lowest BCUT2D eigenvalue weighted by Gasteiger charge is -2.34. The molecule has 1 aliphatic rings. The van der Waals surface area contributed by atoms with E-state index in [0.717, 1.165) is 6.42 Å². The molecule has 0 aromatic heterocycles. The monoisotopic (exact) mass is 415 g/mol. The first-order valence-corrected chi connectivity index (χ1v) is 10.3. The first-order valence-electron chi connectivity index (χ1n) is 10.3. The number of hydrogen-bond acceptors (Lipinski definition) is 6. The van der Waals surface area contributed by atoms with Crippen molar-refractivity contribution in [2.45, 2.75) is 77.4 Å². The van der Waals surface area contributed by atoms with Gasteiger partial charge in [-0.25, -0.2) is 4.79 Å². The molecule has 4 unspecified atom stereocenters. The second kappa shape index (κ2) is 12.9. The number of alkyl carbamates (subject to hydrolysis) is 1. The first kappa shape index (κ1) is 24.6. The minimum Gasteiger partial charge on any atom is -0.481 e. The normalized spacial score (nSPS) is 22.3. The van der Waals surface area contributed by atoms with Crippen molar-refractivity contribution in [1.29, 1.82) is 0 Å². The smallest absolute Gasteiger partial charge is 0.407 e. The molecule has 2 amide bonds. The van der Waals surface area contributed by atoms with Gasteiger partial charge in [0, 0.05) is 37.3 Å². The van der Waals surface area contributed by atoms with Crippen LogP contribution in [0.2, 0.25) is 0 Å². The van der Waals surface area contributed by atoms with E-state index in [9.17, 15) is 24.5 Å². The molecule has 0 bridgehead atoms. The van der Waals surface area contributed by atoms with Crippen LogP contribution in [0.4, 0.5) is 4.79 Å². The third kappa shape index (κ3) is 9.58. The van der Waals surface area contributed by atoms with Gasteiger partial charge in [-0.3, -0.25) is 19.7 Å². The molecule has 10 heteroatoms. The number of carboxylic acids is 1. The molecule has 1 aliphatic carbocycles. The molecule has 1 saturated carbocycles. The molecular formula is C19H33N3O7. The Balaban J connectivity index is 2.50. The van der Waals surface area contributed by atoms with Gasteiger partial charge in [-0.1, -0.05) is 6.92 Å². The molecule has 0 aromatic rings. The summed E-state index contributed by atoms with van der Waals surface area (Å²) in [6, 6.07) is -0.771. The van der Waals surface area contributed by atoms with Gasteiger partial charge >= 0.3 is 12.1 Å². The van der Waals surface area contributed by atoms with Crippen LogP contribution in [0.5, 0.6) is 0 Å². The summed E-state index contributed by atoms with van der Waals surface area (Å²) in [5.74, 6) is -1.36. The predicted octanol–water partition coefficient (Wildman–Crippen LogP) is 2.33. The summed E-state index contributed by atoms with van der Waals surface area (Å²) in [5, 5.41) is 25.5. The Bertz CT molecular complexity index is 570. The second-order valence-electron chi connectivity index (χ2n) is 7.64. The molecule has 10 nitrogen and oxygen atoms in total. The number of ether oxygens (including phenoxy) is 1. The van der Waals surface area contributed by atoms with E-state index in [1.54, 1.807) is 6.92 Å². The quantitative estimate of drug-likeness (QED) is 0.252. The van der Waals surface area contributed by atoms with Crippen LogP contribution in [0.1, 0.15) is 65.2 Å². The summed E-state index contributed by atoms with van der Waals surface area (Å²) in [5.41, 5.74) is 0. The van der Waals surface area contributed by atoms with Gasteiger partial charge in [0.15, 0.2) is 0 Å². The summed E-state index contributed by atoms with van der Waals surface area (Å²) >= 11 is 0. The number of nitrogens with zero attached hydrogens (tertiary/aromatic N) is 1. The first-order chi connectivity index (χ1) is 13.7. The number of amides is 2. The van der Waals surface area contributed by atoms with Gasteiger partial charge in [0.2, 0.25) is 11.9 Å². The van der Waals surface area contributed by atoms with E-state index in [1.165, 1.54) is 0 Å². The van der Waals surface area contributed by atoms with Gasteiger partial charge in [-0.2, -0.15) is 0 Å². The number of carbonyl (C=O) groups excluding carboxylic acids is 2. The van der Waals surface area contributed by atoms with Gasteiger partial charge < -0.3 is 20.5 Å². The van der Waals surface area contributed by atoms with Crippen molar-refractivity contribution in [2.24, 2.45) is 11.8 Å². The maximum Gasteiger partial charge on any atom is 0.407 e. The molecule has 1 fully saturated rings. The molecule has 1 rings (SSSR count). The van der Waals surface area contributed by atoms with Crippen molar-refractivity contribution in [3.05, 3.63) is 10.1 Å². The zero-order valence-electron chi connectivity index (χ0n) is 17.2. The van der Waals surface area contributed by atoms with Crippen LogP contribution >= 0.6 is 0 Å². The summed E-state index contributed by atoms with van der Waals surface area (Å²) in [6.45, 7) is 4.48. The maximum absolute atomic E-state index is 11.9. The van der Waals surface area contributed by atoms with E-state index >= 15 is 0 Å². The van der Waals surface area contributed by atoms with Crippen molar-refractivity contribution < 1.29 is 29.2 Å². The van der Waals surface area contributed by atoms with Gasteiger partial charge in [-0.05, 0) is 44.9 Å². The van der Waals surface area contributed by atoms with Crippen molar-refractivity contribution in [1.82, 2.24) is 10.6 Å². The molecule has 0 spiro atoms. The van der Waals surface area contributed by atoms with E-state index in [4.69, 9.17) is 9.84 Å². The van der Waals surface area contributed by atoms with Crippen LogP contribution in [-0.2, 0) is 14.3 Å². The van der Waals surface area contributed by atoms with E-state index < -0.39 is 30.1 Å². The number of carbonyl (C=O) groups is 3. The Morgan fingerprint density at radius 2 is 1.90 bits per heavy atom. The van der Waals surface area contributed by atoms with Gasteiger partial charge in [-0.15, -0.1) is 0 Å². The SMILES string of the molecule is CCCNC(=O)OC(C)C1CC(CNC(=O)CCCCC(=O)O)CCC1[N+](=O)[O-]. The van der Waals surface area contributed by atoms with E-state index in [-0.39, 0.29) is 29.6 Å². The highest BCUT2D eigenvalue weighted by atomic mass is 16.6. The van der Waals surface area contributed by atoms with E-state index in [2.05, 4.69) is 10.6 Å². The standard InChI is InChI=1S/C19H33N3O7/c1-3-10-20-19(26)29-13(2)15-11-14(8-9-16(15)22(27)28)12-21-17(23)6-4-5-7-18(24)25/h13-16H,3-12H2,1-2H3,(H,20,26)(H,21,23)(H,24,25). The average Bonchev–Trinajstić information content (AvgIpc) is 2.67. The second-order valence-corrected chi connectivity index (χ2v) is 7.64. The Morgan fingerprint density at radius 3 is 2.52 bits per heavy atom. The van der Waals surface area contributed by atoms with Gasteiger partial charge in [0.1, 0.15) is 6.10 Å². The molecule has 3 N–H and O–H groups in total. The zero-order valence-corrected chi connectivity index (χ0v) is 17.2. The fourth-order valence-corrected chi connectivity index (χ4v) is 3.67. The zero-order chi connectivity index (χ0) is 21.8. The Morgan fingerprint density at radius 1 is 1.21 bits per heavy atom. The van der Waals surface area contributed by atoms with Gasteiger partial charge in [0.25, 0.3) is 0 Å². The lowest BCUT2D eigenvalue weighted by molar-refractivity contribution is -0.538. The summed E-state index contributed by atoms with van der Waals surface area (Å²) in [7, 11) is 0. The predicted molar refractivity (Wildman–Crippen MR) is 105 cm³/mol. The summed E-state index contributed by atoms with van der Waals surface area (Å²) in [6.07, 6.45) is 2.35. The number of nitrogens with one attached hydrogen (secondary N) is 2. The van der Waals surface area contributed by atoms with Crippen LogP contribution < -0.4 is 10.6 Å². The molecule has 0 heterocycles. The highest BCUT2D eigenvalue weighted by Crippen LogP contribution is 2.34. The molecule has 0 saturated heterocycles. The third-order valence-electron chi connectivity index (χ3n) is 5.29. The third-order valence-corrected chi connectivity index (χ3v) is 5.29. The largest absolute Gasteiger partial charge is 0.481 e. The van der Waals surface area contributed by atoms with Crippen LogP contribution in [0.15, 0.2) is 0 Å². The molecule has 29 heavy (non-hydrogen) atoms. The molecular weight excluding hydrogens is 382 g/mol. The lowest BCUT2D eigenvalue weighted by Crippen LogP contribution is -2.45. The number of hydrogen-bond donors (Lipinski definition) is 3. The Hall–Kier alpha value is -2.39. The van der Waals surface area contributed by atoms with Crippen LogP contribution in [0.25, 0.3) is 0 Å². The molecule has 166 valence electrons. The minimum absolute atomic E-state index is 0.0452. The van der Waals surface area contributed by atoms with Crippen molar-refractivity contribution in [3.8, 4) is 0 Å².